The van der Waals surface area contributed by atoms with Crippen molar-refractivity contribution < 1.29 is 0 Å². The summed E-state index contributed by atoms with van der Waals surface area (Å²) in [5.41, 5.74) is 1.92. The monoisotopic (exact) mass is 408 g/mol. The number of rotatable bonds is 3. The largest absolute Gasteiger partial charge is 0.314 e. The lowest BCUT2D eigenvalue weighted by Crippen LogP contribution is -2.34. The zero-order chi connectivity index (χ0) is 20.7. The van der Waals surface area contributed by atoms with Crippen LogP contribution in [0.25, 0.3) is 5.65 Å². The fraction of sp³-hybridized carbons (Fsp3) is 0.682. The summed E-state index contributed by atoms with van der Waals surface area (Å²) in [7, 11) is 0. The van der Waals surface area contributed by atoms with Crippen LogP contribution in [0, 0.1) is 0 Å². The van der Waals surface area contributed by atoms with E-state index in [0.717, 1.165) is 68.4 Å². The minimum Gasteiger partial charge on any atom is -0.314 e. The average Bonchev–Trinajstić information content (AvgIpc) is 3.24. The van der Waals surface area contributed by atoms with Gasteiger partial charge in [-0.05, 0) is 50.9 Å². The van der Waals surface area contributed by atoms with Crippen LogP contribution < -0.4 is 0 Å². The van der Waals surface area contributed by atoms with Gasteiger partial charge >= 0.3 is 0 Å². The molecule has 0 aliphatic carbocycles. The summed E-state index contributed by atoms with van der Waals surface area (Å²) in [6.45, 7) is 10.6. The van der Waals surface area contributed by atoms with E-state index in [-0.39, 0.29) is 5.41 Å². The third-order valence-electron chi connectivity index (χ3n) is 6.56. The molecule has 0 saturated carbocycles. The molecule has 2 aliphatic rings. The van der Waals surface area contributed by atoms with Crippen LogP contribution in [0.15, 0.2) is 12.1 Å². The van der Waals surface area contributed by atoms with Crippen LogP contribution in [-0.2, 0) is 24.9 Å². The van der Waals surface area contributed by atoms with Gasteiger partial charge in [-0.15, -0.1) is 20.4 Å². The van der Waals surface area contributed by atoms with Gasteiger partial charge in [0.25, 0.3) is 0 Å². The molecule has 8 heteroatoms. The van der Waals surface area contributed by atoms with Crippen LogP contribution in [0.2, 0.25) is 0 Å². The SMILES string of the molecule is CC(C)(C)c1ccc2nnc(C3CCN(Cc4nnc5n4CCCCC5)CC3)n2n1. The summed E-state index contributed by atoms with van der Waals surface area (Å²) in [5, 5.41) is 22.7. The van der Waals surface area contributed by atoms with Gasteiger partial charge < -0.3 is 4.57 Å². The maximum atomic E-state index is 4.87. The summed E-state index contributed by atoms with van der Waals surface area (Å²) in [5.74, 6) is 3.71. The normalized spacial score (nSPS) is 19.2. The van der Waals surface area contributed by atoms with Gasteiger partial charge in [0.2, 0.25) is 0 Å². The number of nitrogens with zero attached hydrogens (tertiary/aromatic N) is 8. The van der Waals surface area contributed by atoms with Gasteiger partial charge in [0.1, 0.15) is 11.6 Å². The highest BCUT2D eigenvalue weighted by atomic mass is 15.4. The van der Waals surface area contributed by atoms with Gasteiger partial charge in [-0.1, -0.05) is 27.2 Å². The topological polar surface area (TPSA) is 77.0 Å². The molecule has 3 aromatic heterocycles. The molecule has 5 rings (SSSR count). The molecule has 0 N–H and O–H groups in total. The number of piperidine rings is 1. The first-order valence-corrected chi connectivity index (χ1v) is 11.4. The van der Waals surface area contributed by atoms with E-state index in [2.05, 4.69) is 56.7 Å². The number of likely N-dealkylation sites (tertiary alicyclic amines) is 1. The van der Waals surface area contributed by atoms with Crippen molar-refractivity contribution in [2.24, 2.45) is 0 Å². The summed E-state index contributed by atoms with van der Waals surface area (Å²) >= 11 is 0. The molecule has 0 amide bonds. The van der Waals surface area contributed by atoms with Crippen molar-refractivity contribution in [2.45, 2.75) is 83.7 Å². The Hall–Kier alpha value is -2.35. The lowest BCUT2D eigenvalue weighted by molar-refractivity contribution is 0.194. The average molecular weight is 409 g/mol. The van der Waals surface area contributed by atoms with E-state index in [4.69, 9.17) is 5.10 Å². The predicted molar refractivity (Wildman–Crippen MR) is 114 cm³/mol. The van der Waals surface area contributed by atoms with Crippen molar-refractivity contribution in [3.63, 3.8) is 0 Å². The van der Waals surface area contributed by atoms with Gasteiger partial charge in [0.05, 0.1) is 12.2 Å². The molecule has 0 atom stereocenters. The van der Waals surface area contributed by atoms with Gasteiger partial charge in [-0.2, -0.15) is 9.61 Å². The van der Waals surface area contributed by atoms with E-state index in [0.29, 0.717) is 5.92 Å². The van der Waals surface area contributed by atoms with Crippen molar-refractivity contribution in [3.05, 3.63) is 35.3 Å². The molecule has 8 nitrogen and oxygen atoms in total. The van der Waals surface area contributed by atoms with Crippen molar-refractivity contribution in [1.82, 2.24) is 39.5 Å². The second-order valence-electron chi connectivity index (χ2n) is 9.84. The lowest BCUT2D eigenvalue weighted by Gasteiger charge is -2.30. The lowest BCUT2D eigenvalue weighted by atomic mass is 9.92. The molecule has 160 valence electrons. The Morgan fingerprint density at radius 1 is 0.933 bits per heavy atom. The minimum atomic E-state index is 0.00928. The molecule has 1 saturated heterocycles. The Kier molecular flexibility index (Phi) is 5.05. The second kappa shape index (κ2) is 7.72. The smallest absolute Gasteiger partial charge is 0.177 e. The van der Waals surface area contributed by atoms with Crippen LogP contribution in [-0.4, -0.2) is 52.6 Å². The Balaban J connectivity index is 1.28. The van der Waals surface area contributed by atoms with E-state index in [1.54, 1.807) is 0 Å². The standard InChI is InChI=1S/C22H32N8/c1-22(2,3)17-8-9-19-24-26-21(30(19)27-17)16-10-13-28(14-11-16)15-20-25-23-18-7-5-4-6-12-29(18)20/h8-9,16H,4-7,10-15H2,1-3H3. The zero-order valence-electron chi connectivity index (χ0n) is 18.4. The highest BCUT2D eigenvalue weighted by Crippen LogP contribution is 2.28. The molecule has 2 aliphatic heterocycles. The number of aromatic nitrogens is 7. The molecule has 3 aromatic rings. The van der Waals surface area contributed by atoms with E-state index >= 15 is 0 Å². The van der Waals surface area contributed by atoms with Gasteiger partial charge in [0.15, 0.2) is 11.5 Å². The molecule has 0 spiro atoms. The summed E-state index contributed by atoms with van der Waals surface area (Å²) < 4.78 is 4.34. The van der Waals surface area contributed by atoms with Gasteiger partial charge in [-0.3, -0.25) is 4.90 Å². The fourth-order valence-electron chi connectivity index (χ4n) is 4.67. The Morgan fingerprint density at radius 3 is 2.57 bits per heavy atom. The van der Waals surface area contributed by atoms with Crippen molar-refractivity contribution in [2.75, 3.05) is 13.1 Å². The highest BCUT2D eigenvalue weighted by Gasteiger charge is 2.27. The molecule has 0 bridgehead atoms. The number of hydrogen-bond donors (Lipinski definition) is 0. The van der Waals surface area contributed by atoms with Crippen molar-refractivity contribution >= 4 is 5.65 Å². The summed E-state index contributed by atoms with van der Waals surface area (Å²) in [6, 6.07) is 4.11. The van der Waals surface area contributed by atoms with Gasteiger partial charge in [0, 0.05) is 24.3 Å². The van der Waals surface area contributed by atoms with Crippen molar-refractivity contribution in [3.8, 4) is 0 Å². The third-order valence-corrected chi connectivity index (χ3v) is 6.56. The fourth-order valence-corrected chi connectivity index (χ4v) is 4.67. The predicted octanol–water partition coefficient (Wildman–Crippen LogP) is 3.12. The second-order valence-corrected chi connectivity index (χ2v) is 9.84. The van der Waals surface area contributed by atoms with E-state index in [1.165, 1.54) is 25.1 Å². The number of hydrogen-bond acceptors (Lipinski definition) is 6. The van der Waals surface area contributed by atoms with Crippen molar-refractivity contribution in [1.29, 1.82) is 0 Å². The maximum absolute atomic E-state index is 4.87. The van der Waals surface area contributed by atoms with Crippen LogP contribution in [0.3, 0.4) is 0 Å². The Bertz CT molecular complexity index is 1020. The molecular formula is C22H32N8. The summed E-state index contributed by atoms with van der Waals surface area (Å²) in [4.78, 5) is 2.51. The first-order valence-electron chi connectivity index (χ1n) is 11.4. The van der Waals surface area contributed by atoms with Crippen LogP contribution >= 0.6 is 0 Å². The first-order chi connectivity index (χ1) is 14.5. The van der Waals surface area contributed by atoms with Crippen LogP contribution in [0.4, 0.5) is 0 Å². The zero-order valence-corrected chi connectivity index (χ0v) is 18.4. The molecule has 5 heterocycles. The van der Waals surface area contributed by atoms with E-state index in [1.807, 2.05) is 10.6 Å². The molecular weight excluding hydrogens is 376 g/mol. The third kappa shape index (κ3) is 3.73. The van der Waals surface area contributed by atoms with E-state index < -0.39 is 0 Å². The van der Waals surface area contributed by atoms with Crippen LogP contribution in [0.5, 0.6) is 0 Å². The first kappa shape index (κ1) is 19.6. The number of fused-ring (bicyclic) bond motifs is 2. The molecule has 0 aromatic carbocycles. The molecule has 0 radical (unpaired) electrons. The number of aryl methyl sites for hydroxylation is 1. The molecule has 30 heavy (non-hydrogen) atoms. The quantitative estimate of drug-likeness (QED) is 0.663. The molecule has 0 unspecified atom stereocenters. The maximum Gasteiger partial charge on any atom is 0.177 e. The molecule has 1 fully saturated rings. The van der Waals surface area contributed by atoms with Crippen LogP contribution in [0.1, 0.15) is 82.0 Å². The Labute approximate surface area is 177 Å². The van der Waals surface area contributed by atoms with Gasteiger partial charge in [-0.25, -0.2) is 0 Å². The Morgan fingerprint density at radius 2 is 1.77 bits per heavy atom. The summed E-state index contributed by atoms with van der Waals surface area (Å²) in [6.07, 6.45) is 6.99. The minimum absolute atomic E-state index is 0.00928. The highest BCUT2D eigenvalue weighted by molar-refractivity contribution is 5.37. The van der Waals surface area contributed by atoms with E-state index in [9.17, 15) is 0 Å².